The zero-order valence-electron chi connectivity index (χ0n) is 6.67. The Morgan fingerprint density at radius 1 is 1.64 bits per heavy atom. The second-order valence-corrected chi connectivity index (χ2v) is 3.07. The SMILES string of the molecule is N#Cc1c(Br)ncc(C=O)c1C(F)F. The van der Waals surface area contributed by atoms with Gasteiger partial charge in [-0.1, -0.05) is 0 Å². The number of alkyl halides is 2. The Balaban J connectivity index is 3.54. The number of hydrogen-bond donors (Lipinski definition) is 0. The molecule has 6 heteroatoms. The van der Waals surface area contributed by atoms with Gasteiger partial charge in [-0.3, -0.25) is 4.79 Å². The van der Waals surface area contributed by atoms with E-state index in [0.29, 0.717) is 0 Å². The molecule has 1 rings (SSSR count). The third-order valence-corrected chi connectivity index (χ3v) is 2.16. The predicted molar refractivity (Wildman–Crippen MR) is 47.0 cm³/mol. The van der Waals surface area contributed by atoms with Crippen molar-refractivity contribution in [2.24, 2.45) is 0 Å². The molecule has 0 fully saturated rings. The molecule has 0 unspecified atom stereocenters. The first-order valence-electron chi connectivity index (χ1n) is 3.43. The second-order valence-electron chi connectivity index (χ2n) is 2.32. The Bertz CT molecular complexity index is 415. The number of carbonyl (C=O) groups excluding carboxylic acids is 1. The highest BCUT2D eigenvalue weighted by Gasteiger charge is 2.20. The van der Waals surface area contributed by atoms with Crippen molar-refractivity contribution < 1.29 is 13.6 Å². The minimum Gasteiger partial charge on any atom is -0.298 e. The van der Waals surface area contributed by atoms with Crippen LogP contribution in [0, 0.1) is 11.3 Å². The van der Waals surface area contributed by atoms with Crippen LogP contribution in [0.4, 0.5) is 8.78 Å². The largest absolute Gasteiger partial charge is 0.298 e. The third-order valence-electron chi connectivity index (χ3n) is 1.56. The van der Waals surface area contributed by atoms with Crippen molar-refractivity contribution >= 4 is 22.2 Å². The van der Waals surface area contributed by atoms with E-state index in [2.05, 4.69) is 20.9 Å². The maximum atomic E-state index is 12.5. The van der Waals surface area contributed by atoms with Gasteiger partial charge in [-0.25, -0.2) is 13.8 Å². The maximum Gasteiger partial charge on any atom is 0.265 e. The number of aromatic nitrogens is 1. The van der Waals surface area contributed by atoms with Crippen LogP contribution < -0.4 is 0 Å². The van der Waals surface area contributed by atoms with E-state index in [0.717, 1.165) is 6.20 Å². The highest BCUT2D eigenvalue weighted by atomic mass is 79.9. The molecule has 14 heavy (non-hydrogen) atoms. The van der Waals surface area contributed by atoms with E-state index < -0.39 is 12.0 Å². The Labute approximate surface area is 86.5 Å². The minimum absolute atomic E-state index is 0.0147. The monoisotopic (exact) mass is 260 g/mol. The van der Waals surface area contributed by atoms with Gasteiger partial charge in [-0.15, -0.1) is 0 Å². The standard InChI is InChI=1S/C8H3BrF2N2O/c9-7-5(1-12)6(8(10)11)4(3-14)2-13-7/h2-3,8H. The van der Waals surface area contributed by atoms with E-state index >= 15 is 0 Å². The summed E-state index contributed by atoms with van der Waals surface area (Å²) in [6.07, 6.45) is -1.62. The average Bonchev–Trinajstić information content (AvgIpc) is 2.17. The maximum absolute atomic E-state index is 12.5. The molecule has 0 radical (unpaired) electrons. The molecular formula is C8H3BrF2N2O. The van der Waals surface area contributed by atoms with Crippen molar-refractivity contribution in [3.63, 3.8) is 0 Å². The van der Waals surface area contributed by atoms with E-state index in [1.807, 2.05) is 0 Å². The number of pyridine rings is 1. The molecule has 0 N–H and O–H groups in total. The van der Waals surface area contributed by atoms with Gasteiger partial charge in [0.25, 0.3) is 6.43 Å². The summed E-state index contributed by atoms with van der Waals surface area (Å²) in [5.74, 6) is 0. The first kappa shape index (κ1) is 10.7. The number of hydrogen-bond acceptors (Lipinski definition) is 3. The number of aldehydes is 1. The van der Waals surface area contributed by atoms with E-state index in [-0.39, 0.29) is 22.0 Å². The molecule has 0 aliphatic heterocycles. The van der Waals surface area contributed by atoms with Crippen LogP contribution in [0.1, 0.15) is 27.9 Å². The quantitative estimate of drug-likeness (QED) is 0.607. The molecule has 0 bridgehead atoms. The summed E-state index contributed by atoms with van der Waals surface area (Å²) < 4.78 is 25.0. The molecule has 0 spiro atoms. The van der Waals surface area contributed by atoms with E-state index in [1.165, 1.54) is 0 Å². The van der Waals surface area contributed by atoms with Crippen LogP contribution >= 0.6 is 15.9 Å². The molecule has 0 aliphatic carbocycles. The van der Waals surface area contributed by atoms with Gasteiger partial charge >= 0.3 is 0 Å². The van der Waals surface area contributed by atoms with E-state index in [1.54, 1.807) is 6.07 Å². The van der Waals surface area contributed by atoms with Crippen LogP contribution in [0.3, 0.4) is 0 Å². The predicted octanol–water partition coefficient (Wildman–Crippen LogP) is 2.47. The fourth-order valence-electron chi connectivity index (χ4n) is 0.951. The smallest absolute Gasteiger partial charge is 0.265 e. The van der Waals surface area contributed by atoms with Crippen LogP contribution in [0.15, 0.2) is 10.8 Å². The highest BCUT2D eigenvalue weighted by molar-refractivity contribution is 9.10. The van der Waals surface area contributed by atoms with Gasteiger partial charge in [0, 0.05) is 11.8 Å². The molecule has 1 aromatic rings. The molecule has 0 saturated heterocycles. The molecule has 72 valence electrons. The number of carbonyl (C=O) groups is 1. The molecule has 0 amide bonds. The Morgan fingerprint density at radius 2 is 2.29 bits per heavy atom. The fraction of sp³-hybridized carbons (Fsp3) is 0.125. The van der Waals surface area contributed by atoms with Gasteiger partial charge in [0.15, 0.2) is 6.29 Å². The van der Waals surface area contributed by atoms with Crippen LogP contribution in [0.2, 0.25) is 0 Å². The lowest BCUT2D eigenvalue weighted by atomic mass is 10.1. The first-order chi connectivity index (χ1) is 6.61. The van der Waals surface area contributed by atoms with Gasteiger partial charge in [0.1, 0.15) is 10.7 Å². The van der Waals surface area contributed by atoms with Crippen molar-refractivity contribution in [1.29, 1.82) is 5.26 Å². The molecule has 3 nitrogen and oxygen atoms in total. The lowest BCUT2D eigenvalue weighted by molar-refractivity contribution is 0.110. The van der Waals surface area contributed by atoms with Gasteiger partial charge in [0.2, 0.25) is 0 Å². The third kappa shape index (κ3) is 1.77. The average molecular weight is 261 g/mol. The summed E-state index contributed by atoms with van der Waals surface area (Å²) in [6.45, 7) is 0. The molecule has 1 aromatic heterocycles. The van der Waals surface area contributed by atoms with Crippen molar-refractivity contribution in [3.8, 4) is 6.07 Å². The van der Waals surface area contributed by atoms with Crippen LogP contribution in [0.5, 0.6) is 0 Å². The van der Waals surface area contributed by atoms with Crippen molar-refractivity contribution in [2.45, 2.75) is 6.43 Å². The lowest BCUT2D eigenvalue weighted by Crippen LogP contribution is -2.00. The number of nitriles is 1. The molecule has 0 aliphatic rings. The Kier molecular flexibility index (Phi) is 3.25. The summed E-state index contributed by atoms with van der Waals surface area (Å²) >= 11 is 2.86. The van der Waals surface area contributed by atoms with E-state index in [4.69, 9.17) is 5.26 Å². The highest BCUT2D eigenvalue weighted by Crippen LogP contribution is 2.28. The molecular weight excluding hydrogens is 258 g/mol. The van der Waals surface area contributed by atoms with Crippen molar-refractivity contribution in [3.05, 3.63) is 27.5 Å². The summed E-state index contributed by atoms with van der Waals surface area (Å²) in [5, 5.41) is 8.60. The summed E-state index contributed by atoms with van der Waals surface area (Å²) in [7, 11) is 0. The van der Waals surface area contributed by atoms with E-state index in [9.17, 15) is 13.6 Å². The Hall–Kier alpha value is -1.35. The summed E-state index contributed by atoms with van der Waals surface area (Å²) in [6, 6.07) is 1.57. The molecule has 0 aromatic carbocycles. The van der Waals surface area contributed by atoms with Gasteiger partial charge in [-0.05, 0) is 15.9 Å². The van der Waals surface area contributed by atoms with Crippen LogP contribution in [0.25, 0.3) is 0 Å². The molecule has 1 heterocycles. The summed E-state index contributed by atoms with van der Waals surface area (Å²) in [5.41, 5.74) is -1.14. The first-order valence-corrected chi connectivity index (χ1v) is 4.23. The topological polar surface area (TPSA) is 53.8 Å². The number of nitrogens with zero attached hydrogens (tertiary/aromatic N) is 2. The van der Waals surface area contributed by atoms with Gasteiger partial charge < -0.3 is 0 Å². The molecule has 0 atom stereocenters. The number of halogens is 3. The van der Waals surface area contributed by atoms with Gasteiger partial charge in [-0.2, -0.15) is 5.26 Å². The lowest BCUT2D eigenvalue weighted by Gasteiger charge is -2.06. The minimum atomic E-state index is -2.87. The second kappa shape index (κ2) is 4.24. The molecule has 0 saturated carbocycles. The summed E-state index contributed by atoms with van der Waals surface area (Å²) in [4.78, 5) is 14.0. The zero-order valence-corrected chi connectivity index (χ0v) is 8.25. The van der Waals surface area contributed by atoms with Gasteiger partial charge in [0.05, 0.1) is 11.1 Å². The number of rotatable bonds is 2. The Morgan fingerprint density at radius 3 is 2.71 bits per heavy atom. The van der Waals surface area contributed by atoms with Crippen LogP contribution in [-0.4, -0.2) is 11.3 Å². The van der Waals surface area contributed by atoms with Crippen molar-refractivity contribution in [1.82, 2.24) is 4.98 Å². The van der Waals surface area contributed by atoms with Crippen LogP contribution in [-0.2, 0) is 0 Å². The van der Waals surface area contributed by atoms with Crippen molar-refractivity contribution in [2.75, 3.05) is 0 Å². The normalized spacial score (nSPS) is 9.93. The zero-order chi connectivity index (χ0) is 10.7. The fourth-order valence-corrected chi connectivity index (χ4v) is 1.36.